The number of nitrogens with one attached hydrogen (secondary N) is 1. The number of ether oxygens (including phenoxy) is 1. The van der Waals surface area contributed by atoms with E-state index in [1.807, 2.05) is 43.6 Å². The van der Waals surface area contributed by atoms with Crippen LogP contribution >= 0.6 is 11.3 Å². The molecule has 32 heavy (non-hydrogen) atoms. The van der Waals surface area contributed by atoms with Crippen LogP contribution in [0.4, 0.5) is 0 Å². The Morgan fingerprint density at radius 2 is 1.97 bits per heavy atom. The van der Waals surface area contributed by atoms with Gasteiger partial charge in [0.05, 0.1) is 23.2 Å². The summed E-state index contributed by atoms with van der Waals surface area (Å²) < 4.78 is 5.27. The second-order valence-electron chi connectivity index (χ2n) is 8.02. The van der Waals surface area contributed by atoms with Crippen molar-refractivity contribution in [1.29, 1.82) is 0 Å². The van der Waals surface area contributed by atoms with E-state index in [1.165, 1.54) is 0 Å². The number of thiazole rings is 1. The lowest BCUT2D eigenvalue weighted by Gasteiger charge is -2.25. The second-order valence-corrected chi connectivity index (χ2v) is 8.87. The minimum Gasteiger partial charge on any atom is -0.497 e. The van der Waals surface area contributed by atoms with Gasteiger partial charge >= 0.3 is 0 Å². The minimum atomic E-state index is -0.452. The van der Waals surface area contributed by atoms with Gasteiger partial charge in [-0.05, 0) is 55.5 Å². The van der Waals surface area contributed by atoms with E-state index in [1.54, 1.807) is 29.4 Å². The Bertz CT molecular complexity index is 1120. The average molecular weight is 450 g/mol. The van der Waals surface area contributed by atoms with Crippen molar-refractivity contribution in [3.8, 4) is 16.2 Å². The summed E-state index contributed by atoms with van der Waals surface area (Å²) in [5, 5.41) is 3.01. The summed E-state index contributed by atoms with van der Waals surface area (Å²) in [5.74, 6) is 0.401. The summed E-state index contributed by atoms with van der Waals surface area (Å²) in [5.41, 5.74) is 6.47. The maximum absolute atomic E-state index is 13.2. The Labute approximate surface area is 192 Å². The van der Waals surface area contributed by atoms with Crippen LogP contribution in [0.25, 0.3) is 10.4 Å². The van der Waals surface area contributed by atoms with E-state index in [-0.39, 0.29) is 11.8 Å². The SMILES string of the molecule is COc1ccc(C)c(C(=O)N2CCCC2C(=O)NCc2ccc(-c3scnc3C)cc2)c1. The molecule has 7 heteroatoms. The molecule has 1 atom stereocenters. The zero-order chi connectivity index (χ0) is 22.7. The lowest BCUT2D eigenvalue weighted by molar-refractivity contribution is -0.125. The fraction of sp³-hybridized carbons (Fsp3) is 0.320. The molecule has 1 fully saturated rings. The fourth-order valence-corrected chi connectivity index (χ4v) is 4.87. The summed E-state index contributed by atoms with van der Waals surface area (Å²) in [6.45, 7) is 4.91. The molecule has 0 spiro atoms. The lowest BCUT2D eigenvalue weighted by Crippen LogP contribution is -2.45. The first-order chi connectivity index (χ1) is 15.5. The maximum atomic E-state index is 13.2. The van der Waals surface area contributed by atoms with Crippen LogP contribution in [0, 0.1) is 13.8 Å². The van der Waals surface area contributed by atoms with E-state index in [0.717, 1.165) is 33.7 Å². The van der Waals surface area contributed by atoms with Crippen molar-refractivity contribution in [2.45, 2.75) is 39.3 Å². The zero-order valence-electron chi connectivity index (χ0n) is 18.6. The predicted molar refractivity (Wildman–Crippen MR) is 126 cm³/mol. The molecule has 166 valence electrons. The molecular weight excluding hydrogens is 422 g/mol. The maximum Gasteiger partial charge on any atom is 0.254 e. The smallest absolute Gasteiger partial charge is 0.254 e. The van der Waals surface area contributed by atoms with Crippen molar-refractivity contribution in [1.82, 2.24) is 15.2 Å². The number of carbonyl (C=O) groups is 2. The van der Waals surface area contributed by atoms with Gasteiger partial charge in [-0.1, -0.05) is 30.3 Å². The summed E-state index contributed by atoms with van der Waals surface area (Å²) in [4.78, 5) is 33.3. The number of nitrogens with zero attached hydrogens (tertiary/aromatic N) is 2. The van der Waals surface area contributed by atoms with Crippen molar-refractivity contribution in [3.63, 3.8) is 0 Å². The molecule has 0 radical (unpaired) electrons. The Balaban J connectivity index is 1.41. The van der Waals surface area contributed by atoms with Crippen molar-refractivity contribution in [3.05, 3.63) is 70.4 Å². The topological polar surface area (TPSA) is 71.5 Å². The van der Waals surface area contributed by atoms with Crippen LogP contribution in [-0.4, -0.2) is 41.4 Å². The number of rotatable bonds is 6. The number of hydrogen-bond acceptors (Lipinski definition) is 5. The second kappa shape index (κ2) is 9.53. The summed E-state index contributed by atoms with van der Waals surface area (Å²) in [7, 11) is 1.58. The standard InChI is InChI=1S/C25H27N3O3S/c1-16-6-11-20(31-3)13-21(16)25(30)28-12-4-5-22(28)24(29)26-14-18-7-9-19(10-8-18)23-17(2)27-15-32-23/h6-11,13,15,22H,4-5,12,14H2,1-3H3,(H,26,29). The number of likely N-dealkylation sites (tertiary alicyclic amines) is 1. The first kappa shape index (κ1) is 22.0. The molecule has 1 aliphatic rings. The quantitative estimate of drug-likeness (QED) is 0.607. The highest BCUT2D eigenvalue weighted by atomic mass is 32.1. The first-order valence-corrected chi connectivity index (χ1v) is 11.6. The highest BCUT2D eigenvalue weighted by molar-refractivity contribution is 7.13. The molecule has 1 aromatic heterocycles. The molecule has 0 bridgehead atoms. The third-order valence-electron chi connectivity index (χ3n) is 5.92. The molecule has 1 unspecified atom stereocenters. The van der Waals surface area contributed by atoms with Gasteiger partial charge in [0.2, 0.25) is 5.91 Å². The summed E-state index contributed by atoms with van der Waals surface area (Å²) >= 11 is 1.62. The monoisotopic (exact) mass is 449 g/mol. The minimum absolute atomic E-state index is 0.112. The average Bonchev–Trinajstić information content (AvgIpc) is 3.47. The molecule has 1 N–H and O–H groups in total. The fourth-order valence-electron chi connectivity index (χ4n) is 4.06. The van der Waals surface area contributed by atoms with Gasteiger partial charge in [0.15, 0.2) is 0 Å². The molecule has 0 saturated carbocycles. The molecule has 3 aromatic rings. The molecule has 1 aliphatic heterocycles. The molecule has 4 rings (SSSR count). The molecule has 2 aromatic carbocycles. The Kier molecular flexibility index (Phi) is 6.55. The van der Waals surface area contributed by atoms with Crippen LogP contribution in [0.1, 0.15) is 40.0 Å². The molecule has 0 aliphatic carbocycles. The van der Waals surface area contributed by atoms with Gasteiger partial charge in [0, 0.05) is 18.7 Å². The van der Waals surface area contributed by atoms with Crippen LogP contribution in [0.5, 0.6) is 5.75 Å². The van der Waals surface area contributed by atoms with Gasteiger partial charge in [-0.25, -0.2) is 4.98 Å². The van der Waals surface area contributed by atoms with Crippen LogP contribution in [0.2, 0.25) is 0 Å². The predicted octanol–water partition coefficient (Wildman–Crippen LogP) is 4.36. The van der Waals surface area contributed by atoms with E-state index in [0.29, 0.717) is 30.8 Å². The van der Waals surface area contributed by atoms with Crippen molar-refractivity contribution in [2.75, 3.05) is 13.7 Å². The highest BCUT2D eigenvalue weighted by Gasteiger charge is 2.35. The van der Waals surface area contributed by atoms with E-state index >= 15 is 0 Å². The number of amides is 2. The number of benzene rings is 2. The third kappa shape index (κ3) is 4.53. The van der Waals surface area contributed by atoms with Crippen LogP contribution < -0.4 is 10.1 Å². The summed E-state index contributed by atoms with van der Waals surface area (Å²) in [6.07, 6.45) is 1.49. The van der Waals surface area contributed by atoms with Crippen LogP contribution in [-0.2, 0) is 11.3 Å². The van der Waals surface area contributed by atoms with Gasteiger partial charge in [-0.15, -0.1) is 11.3 Å². The molecule has 1 saturated heterocycles. The highest BCUT2D eigenvalue weighted by Crippen LogP contribution is 2.27. The molecule has 6 nitrogen and oxygen atoms in total. The van der Waals surface area contributed by atoms with E-state index in [2.05, 4.69) is 22.4 Å². The van der Waals surface area contributed by atoms with Crippen LogP contribution in [0.3, 0.4) is 0 Å². The molecule has 2 heterocycles. The number of hydrogen-bond donors (Lipinski definition) is 1. The number of aryl methyl sites for hydroxylation is 2. The van der Waals surface area contributed by atoms with E-state index in [9.17, 15) is 9.59 Å². The Morgan fingerprint density at radius 3 is 2.66 bits per heavy atom. The van der Waals surface area contributed by atoms with Gasteiger partial charge < -0.3 is 15.0 Å². The van der Waals surface area contributed by atoms with Crippen molar-refractivity contribution >= 4 is 23.2 Å². The van der Waals surface area contributed by atoms with Gasteiger partial charge in [0.25, 0.3) is 5.91 Å². The van der Waals surface area contributed by atoms with Gasteiger partial charge in [-0.2, -0.15) is 0 Å². The van der Waals surface area contributed by atoms with E-state index in [4.69, 9.17) is 4.74 Å². The third-order valence-corrected chi connectivity index (χ3v) is 6.90. The Morgan fingerprint density at radius 1 is 1.19 bits per heavy atom. The van der Waals surface area contributed by atoms with Crippen molar-refractivity contribution < 1.29 is 14.3 Å². The van der Waals surface area contributed by atoms with E-state index < -0.39 is 6.04 Å². The largest absolute Gasteiger partial charge is 0.497 e. The number of methoxy groups -OCH3 is 1. The molecule has 2 amide bonds. The van der Waals surface area contributed by atoms with Crippen LogP contribution in [0.15, 0.2) is 48.0 Å². The summed E-state index contributed by atoms with van der Waals surface area (Å²) in [6, 6.07) is 13.1. The molecular formula is C25H27N3O3S. The normalized spacial score (nSPS) is 15.6. The lowest BCUT2D eigenvalue weighted by atomic mass is 10.1. The number of carbonyl (C=O) groups excluding carboxylic acids is 2. The number of aromatic nitrogens is 1. The zero-order valence-corrected chi connectivity index (χ0v) is 19.4. The van der Waals surface area contributed by atoms with Gasteiger partial charge in [0.1, 0.15) is 11.8 Å². The Hall–Kier alpha value is -3.19. The van der Waals surface area contributed by atoms with Crippen molar-refractivity contribution in [2.24, 2.45) is 0 Å². The first-order valence-electron chi connectivity index (χ1n) is 10.7. The van der Waals surface area contributed by atoms with Gasteiger partial charge in [-0.3, -0.25) is 9.59 Å².